The molecule has 2 aromatic carbocycles. The molecule has 0 bridgehead atoms. The first-order chi connectivity index (χ1) is 17.3. The van der Waals surface area contributed by atoms with Crippen molar-refractivity contribution in [3.05, 3.63) is 65.5 Å². The molecule has 0 atom stereocenters. The van der Waals surface area contributed by atoms with E-state index in [1.54, 1.807) is 0 Å². The zero-order valence-corrected chi connectivity index (χ0v) is 22.6. The number of para-hydroxylation sites is 2. The lowest BCUT2D eigenvalue weighted by molar-refractivity contribution is -0.132. The molecule has 1 N–H and O–H groups in total. The number of aromatic nitrogens is 2. The van der Waals surface area contributed by atoms with E-state index in [0.717, 1.165) is 66.8 Å². The number of nitrogens with zero attached hydrogens (tertiary/aromatic N) is 3. The second kappa shape index (κ2) is 13.2. The summed E-state index contributed by atoms with van der Waals surface area (Å²) in [6.07, 6.45) is 3.66. The molecule has 0 saturated heterocycles. The molecule has 194 valence electrons. The van der Waals surface area contributed by atoms with E-state index >= 15 is 0 Å². The van der Waals surface area contributed by atoms with Crippen molar-refractivity contribution in [1.29, 1.82) is 0 Å². The molecular weight excluding hydrogens is 448 g/mol. The number of amides is 2. The Kier molecular flexibility index (Phi) is 10.1. The summed E-state index contributed by atoms with van der Waals surface area (Å²) >= 11 is 0. The van der Waals surface area contributed by atoms with Gasteiger partial charge in [0.2, 0.25) is 5.91 Å². The summed E-state index contributed by atoms with van der Waals surface area (Å²) in [5.74, 6) is 1.96. The molecule has 0 spiro atoms. The average molecular weight is 491 g/mol. The maximum Gasteiger partial charge on any atom is 0.251 e. The number of fused-ring (bicyclic) bond motifs is 1. The van der Waals surface area contributed by atoms with Gasteiger partial charge in [0.25, 0.3) is 5.91 Å². The van der Waals surface area contributed by atoms with E-state index in [-0.39, 0.29) is 11.8 Å². The number of benzene rings is 2. The zero-order chi connectivity index (χ0) is 26.1. The fourth-order valence-corrected chi connectivity index (χ4v) is 4.60. The van der Waals surface area contributed by atoms with Crippen molar-refractivity contribution < 1.29 is 9.59 Å². The molecule has 3 aromatic rings. The Bertz CT molecular complexity index is 1140. The molecule has 2 amide bonds. The highest BCUT2D eigenvalue weighted by Crippen LogP contribution is 2.19. The van der Waals surface area contributed by atoms with E-state index in [1.807, 2.05) is 54.3 Å². The highest BCUT2D eigenvalue weighted by Gasteiger charge is 2.20. The summed E-state index contributed by atoms with van der Waals surface area (Å²) in [5.41, 5.74) is 3.68. The van der Waals surface area contributed by atoms with Crippen molar-refractivity contribution in [2.45, 2.75) is 66.8 Å². The van der Waals surface area contributed by atoms with Gasteiger partial charge in [0, 0.05) is 31.6 Å². The number of unbranched alkanes of at least 4 members (excludes halogenated alkanes) is 2. The van der Waals surface area contributed by atoms with Gasteiger partial charge in [-0.25, -0.2) is 4.98 Å². The topological polar surface area (TPSA) is 67.2 Å². The van der Waals surface area contributed by atoms with Crippen LogP contribution in [0.25, 0.3) is 11.0 Å². The first-order valence-corrected chi connectivity index (χ1v) is 13.3. The number of nitrogens with one attached hydrogen (secondary N) is 1. The lowest BCUT2D eigenvalue weighted by Crippen LogP contribution is -2.39. The van der Waals surface area contributed by atoms with Gasteiger partial charge in [-0.1, -0.05) is 64.4 Å². The molecule has 1 heterocycles. The van der Waals surface area contributed by atoms with Crippen LogP contribution >= 0.6 is 0 Å². The van der Waals surface area contributed by atoms with Crippen LogP contribution in [0.1, 0.15) is 68.7 Å². The van der Waals surface area contributed by atoms with Gasteiger partial charge in [-0.05, 0) is 55.4 Å². The minimum atomic E-state index is -0.0132. The number of rotatable bonds is 13. The molecule has 0 saturated carbocycles. The van der Waals surface area contributed by atoms with E-state index in [0.29, 0.717) is 24.9 Å². The van der Waals surface area contributed by atoms with Crippen LogP contribution in [0.5, 0.6) is 0 Å². The van der Waals surface area contributed by atoms with Crippen LogP contribution in [0.2, 0.25) is 0 Å². The molecule has 1 aromatic heterocycles. The predicted molar refractivity (Wildman–Crippen MR) is 147 cm³/mol. The number of aryl methyl sites for hydroxylation is 2. The van der Waals surface area contributed by atoms with Crippen LogP contribution in [0.15, 0.2) is 48.5 Å². The SMILES string of the molecule is Cc1ccccc1C(=O)NCCCCCc1nc2ccccc2n1CC(=O)N(CC(C)C)CC(C)C. The summed E-state index contributed by atoms with van der Waals surface area (Å²) in [7, 11) is 0. The van der Waals surface area contributed by atoms with E-state index in [4.69, 9.17) is 4.98 Å². The van der Waals surface area contributed by atoms with Crippen molar-refractivity contribution in [2.24, 2.45) is 11.8 Å². The Morgan fingerprint density at radius 2 is 1.58 bits per heavy atom. The minimum absolute atomic E-state index is 0.0132. The van der Waals surface area contributed by atoms with E-state index in [2.05, 4.69) is 43.6 Å². The maximum atomic E-state index is 13.3. The third-order valence-corrected chi connectivity index (χ3v) is 6.30. The molecule has 0 unspecified atom stereocenters. The molecule has 6 heteroatoms. The smallest absolute Gasteiger partial charge is 0.251 e. The highest BCUT2D eigenvalue weighted by atomic mass is 16.2. The maximum absolute atomic E-state index is 13.3. The molecule has 0 aliphatic heterocycles. The van der Waals surface area contributed by atoms with Gasteiger partial charge in [-0.2, -0.15) is 0 Å². The summed E-state index contributed by atoms with van der Waals surface area (Å²) in [6.45, 7) is 13.1. The summed E-state index contributed by atoms with van der Waals surface area (Å²) in [4.78, 5) is 32.6. The molecule has 0 aliphatic carbocycles. The Morgan fingerprint density at radius 3 is 2.28 bits per heavy atom. The molecule has 0 aliphatic rings. The molecule has 36 heavy (non-hydrogen) atoms. The predicted octanol–water partition coefficient (Wildman–Crippen LogP) is 5.63. The van der Waals surface area contributed by atoms with Crippen LogP contribution in [0.3, 0.4) is 0 Å². The minimum Gasteiger partial charge on any atom is -0.352 e. The summed E-state index contributed by atoms with van der Waals surface area (Å²) in [6, 6.07) is 15.7. The first kappa shape index (κ1) is 27.4. The van der Waals surface area contributed by atoms with E-state index in [1.165, 1.54) is 0 Å². The van der Waals surface area contributed by atoms with Crippen molar-refractivity contribution in [3.63, 3.8) is 0 Å². The van der Waals surface area contributed by atoms with Gasteiger partial charge in [0.15, 0.2) is 0 Å². The van der Waals surface area contributed by atoms with Gasteiger partial charge in [-0.15, -0.1) is 0 Å². The fraction of sp³-hybridized carbons (Fsp3) is 0.500. The first-order valence-electron chi connectivity index (χ1n) is 13.3. The summed E-state index contributed by atoms with van der Waals surface area (Å²) in [5, 5.41) is 3.03. The van der Waals surface area contributed by atoms with Gasteiger partial charge in [0.1, 0.15) is 12.4 Å². The zero-order valence-electron chi connectivity index (χ0n) is 22.6. The third-order valence-electron chi connectivity index (χ3n) is 6.30. The van der Waals surface area contributed by atoms with E-state index in [9.17, 15) is 9.59 Å². The second-order valence-electron chi connectivity index (χ2n) is 10.6. The number of hydrogen-bond donors (Lipinski definition) is 1. The van der Waals surface area contributed by atoms with Crippen molar-refractivity contribution >= 4 is 22.8 Å². The normalized spacial score (nSPS) is 11.4. The number of carbonyl (C=O) groups excluding carboxylic acids is 2. The monoisotopic (exact) mass is 490 g/mol. The third kappa shape index (κ3) is 7.67. The standard InChI is InChI=1S/C30H42N4O2/c1-22(2)19-33(20-23(3)4)29(35)21-34-27-16-11-10-15-26(27)32-28(34)17-7-6-12-18-31-30(36)25-14-9-8-13-24(25)5/h8-11,13-16,22-23H,6-7,12,17-21H2,1-5H3,(H,31,36). The van der Waals surface area contributed by atoms with Crippen molar-refractivity contribution in [2.75, 3.05) is 19.6 Å². The van der Waals surface area contributed by atoms with Crippen LogP contribution in [-0.2, 0) is 17.8 Å². The van der Waals surface area contributed by atoms with Crippen molar-refractivity contribution in [1.82, 2.24) is 19.8 Å². The lowest BCUT2D eigenvalue weighted by Gasteiger charge is -2.27. The van der Waals surface area contributed by atoms with Crippen molar-refractivity contribution in [3.8, 4) is 0 Å². The fourth-order valence-electron chi connectivity index (χ4n) is 4.60. The number of carbonyl (C=O) groups is 2. The van der Waals surface area contributed by atoms with Gasteiger partial charge in [-0.3, -0.25) is 9.59 Å². The molecule has 6 nitrogen and oxygen atoms in total. The number of imidazole rings is 1. The largest absolute Gasteiger partial charge is 0.352 e. The van der Waals surface area contributed by atoms with Crippen LogP contribution in [0, 0.1) is 18.8 Å². The Morgan fingerprint density at radius 1 is 0.917 bits per heavy atom. The second-order valence-corrected chi connectivity index (χ2v) is 10.6. The molecular formula is C30H42N4O2. The Labute approximate surface area is 216 Å². The van der Waals surface area contributed by atoms with Gasteiger partial charge < -0.3 is 14.8 Å². The van der Waals surface area contributed by atoms with Crippen LogP contribution in [-0.4, -0.2) is 45.9 Å². The quantitative estimate of drug-likeness (QED) is 0.316. The molecule has 3 rings (SSSR count). The average Bonchev–Trinajstić information content (AvgIpc) is 3.17. The van der Waals surface area contributed by atoms with Crippen LogP contribution < -0.4 is 5.32 Å². The molecule has 0 radical (unpaired) electrons. The van der Waals surface area contributed by atoms with E-state index < -0.39 is 0 Å². The number of hydrogen-bond acceptors (Lipinski definition) is 3. The Balaban J connectivity index is 1.58. The lowest BCUT2D eigenvalue weighted by atomic mass is 10.1. The molecule has 0 fully saturated rings. The van der Waals surface area contributed by atoms with Crippen LogP contribution in [0.4, 0.5) is 0 Å². The summed E-state index contributed by atoms with van der Waals surface area (Å²) < 4.78 is 2.10. The van der Waals surface area contributed by atoms with Gasteiger partial charge in [0.05, 0.1) is 11.0 Å². The highest BCUT2D eigenvalue weighted by molar-refractivity contribution is 5.95. The Hall–Kier alpha value is -3.15. The van der Waals surface area contributed by atoms with Gasteiger partial charge >= 0.3 is 0 Å².